The Morgan fingerprint density at radius 3 is 2.46 bits per heavy atom. The van der Waals surface area contributed by atoms with Crippen molar-refractivity contribution in [2.75, 3.05) is 13.1 Å². The molecule has 0 saturated carbocycles. The Kier molecular flexibility index (Phi) is 9.14. The van der Waals surface area contributed by atoms with Crippen molar-refractivity contribution < 1.29 is 24.7 Å². The Balaban J connectivity index is 1.92. The molecule has 9 nitrogen and oxygen atoms in total. The van der Waals surface area contributed by atoms with E-state index in [4.69, 9.17) is 5.21 Å². The Labute approximate surface area is 204 Å². The van der Waals surface area contributed by atoms with E-state index in [0.717, 1.165) is 24.0 Å². The van der Waals surface area contributed by atoms with Gasteiger partial charge in [-0.05, 0) is 36.1 Å². The number of hydrogen-bond donors (Lipinski definition) is 3. The van der Waals surface area contributed by atoms with Crippen molar-refractivity contribution >= 4 is 17.8 Å². The zero-order chi connectivity index (χ0) is 25.2. The first-order chi connectivity index (χ1) is 16.9. The molecule has 1 aromatic heterocycles. The molecule has 0 spiro atoms. The van der Waals surface area contributed by atoms with Crippen LogP contribution in [0.1, 0.15) is 57.6 Å². The van der Waals surface area contributed by atoms with Crippen LogP contribution in [0.15, 0.2) is 60.8 Å². The van der Waals surface area contributed by atoms with Crippen LogP contribution in [-0.4, -0.2) is 55.6 Å². The van der Waals surface area contributed by atoms with Gasteiger partial charge in [0.05, 0.1) is 11.8 Å². The lowest BCUT2D eigenvalue weighted by molar-refractivity contribution is -0.129. The topological polar surface area (TPSA) is 125 Å². The summed E-state index contributed by atoms with van der Waals surface area (Å²) in [7, 11) is 0. The predicted molar refractivity (Wildman–Crippen MR) is 129 cm³/mol. The quantitative estimate of drug-likeness (QED) is 0.271. The predicted octanol–water partition coefficient (Wildman–Crippen LogP) is 3.16. The molecule has 0 saturated heterocycles. The number of hydrogen-bond acceptors (Lipinski definition) is 5. The van der Waals surface area contributed by atoms with Crippen molar-refractivity contribution in [2.45, 2.75) is 39.2 Å². The number of carbonyl (C=O) groups is 3. The zero-order valence-corrected chi connectivity index (χ0v) is 19.7. The number of aromatic carboxylic acids is 1. The number of carboxylic acids is 1. The molecule has 3 rings (SSSR count). The highest BCUT2D eigenvalue weighted by Crippen LogP contribution is 2.16. The standard InChI is InChI=1S/C26H30N4O5/c1-2-3-12-23-27-16-22(30(23)17-20-10-7-11-21(15-20)26(33)34)25(32)29(18-24(31)28-35)14-13-19-8-5-4-6-9-19/h4-11,15-16,35H,2-3,12-14,17-18H2,1H3,(H,28,31)(H,33,34). The summed E-state index contributed by atoms with van der Waals surface area (Å²) >= 11 is 0. The number of aryl methyl sites for hydroxylation is 1. The Bertz CT molecular complexity index is 1160. The molecule has 1 heterocycles. The van der Waals surface area contributed by atoms with Crippen molar-refractivity contribution in [1.82, 2.24) is 19.9 Å². The lowest BCUT2D eigenvalue weighted by atomic mass is 10.1. The molecule has 0 aliphatic heterocycles. The van der Waals surface area contributed by atoms with Crippen molar-refractivity contribution in [3.05, 3.63) is 89.0 Å². The Hall–Kier alpha value is -3.98. The summed E-state index contributed by atoms with van der Waals surface area (Å²) in [6, 6.07) is 16.2. The molecule has 0 unspecified atom stereocenters. The number of carboxylic acid groups (broad SMARTS) is 1. The molecular weight excluding hydrogens is 448 g/mol. The normalized spacial score (nSPS) is 10.7. The highest BCUT2D eigenvalue weighted by molar-refractivity contribution is 5.95. The molecular formula is C26H30N4O5. The molecule has 3 N–H and O–H groups in total. The maximum absolute atomic E-state index is 13.6. The van der Waals surface area contributed by atoms with Gasteiger partial charge in [0, 0.05) is 19.5 Å². The van der Waals surface area contributed by atoms with E-state index in [-0.39, 0.29) is 25.2 Å². The molecule has 0 aliphatic rings. The van der Waals surface area contributed by atoms with E-state index in [1.807, 2.05) is 30.3 Å². The number of imidazole rings is 1. The Morgan fingerprint density at radius 1 is 1.03 bits per heavy atom. The maximum atomic E-state index is 13.6. The number of unbranched alkanes of at least 4 members (excludes halogenated alkanes) is 1. The molecule has 0 bridgehead atoms. The SMILES string of the molecule is CCCCc1ncc(C(=O)N(CCc2ccccc2)CC(=O)NO)n1Cc1cccc(C(=O)O)c1. The van der Waals surface area contributed by atoms with Gasteiger partial charge in [0.25, 0.3) is 11.8 Å². The number of amides is 2. The van der Waals surface area contributed by atoms with Gasteiger partial charge in [-0.1, -0.05) is 55.8 Å². The zero-order valence-electron chi connectivity index (χ0n) is 19.7. The fourth-order valence-corrected chi connectivity index (χ4v) is 3.81. The first-order valence-electron chi connectivity index (χ1n) is 11.6. The van der Waals surface area contributed by atoms with Gasteiger partial charge in [0.2, 0.25) is 0 Å². The number of nitrogens with one attached hydrogen (secondary N) is 1. The summed E-state index contributed by atoms with van der Waals surface area (Å²) in [4.78, 5) is 42.8. The third-order valence-electron chi connectivity index (χ3n) is 5.69. The third-order valence-corrected chi connectivity index (χ3v) is 5.69. The molecule has 0 aliphatic carbocycles. The average Bonchev–Trinajstić information content (AvgIpc) is 3.27. The van der Waals surface area contributed by atoms with Crippen LogP contribution in [0.4, 0.5) is 0 Å². The minimum atomic E-state index is -1.03. The fraction of sp³-hybridized carbons (Fsp3) is 0.308. The molecule has 2 aromatic carbocycles. The van der Waals surface area contributed by atoms with Crippen LogP contribution in [0.25, 0.3) is 0 Å². The summed E-state index contributed by atoms with van der Waals surface area (Å²) in [5, 5.41) is 18.4. The summed E-state index contributed by atoms with van der Waals surface area (Å²) in [5.41, 5.74) is 3.79. The van der Waals surface area contributed by atoms with Gasteiger partial charge in [-0.15, -0.1) is 0 Å². The average molecular weight is 479 g/mol. The van der Waals surface area contributed by atoms with Crippen LogP contribution in [0.5, 0.6) is 0 Å². The van der Waals surface area contributed by atoms with Crippen LogP contribution < -0.4 is 5.48 Å². The second kappa shape index (κ2) is 12.5. The van der Waals surface area contributed by atoms with Gasteiger partial charge in [-0.2, -0.15) is 0 Å². The van der Waals surface area contributed by atoms with Crippen molar-refractivity contribution in [2.24, 2.45) is 0 Å². The summed E-state index contributed by atoms with van der Waals surface area (Å²) < 4.78 is 1.78. The number of benzene rings is 2. The second-order valence-corrected chi connectivity index (χ2v) is 8.25. The second-order valence-electron chi connectivity index (χ2n) is 8.25. The van der Waals surface area contributed by atoms with Crippen molar-refractivity contribution in [3.63, 3.8) is 0 Å². The molecule has 0 fully saturated rings. The van der Waals surface area contributed by atoms with E-state index in [1.165, 1.54) is 17.2 Å². The summed E-state index contributed by atoms with van der Waals surface area (Å²) in [6.45, 7) is 2.28. The van der Waals surface area contributed by atoms with Crippen LogP contribution in [0.2, 0.25) is 0 Å². The molecule has 184 valence electrons. The largest absolute Gasteiger partial charge is 0.478 e. The first-order valence-corrected chi connectivity index (χ1v) is 11.6. The van der Waals surface area contributed by atoms with E-state index < -0.39 is 17.8 Å². The number of carbonyl (C=O) groups excluding carboxylic acids is 2. The first kappa shape index (κ1) is 25.6. The number of aromatic nitrogens is 2. The molecule has 3 aromatic rings. The monoisotopic (exact) mass is 478 g/mol. The molecule has 0 atom stereocenters. The van der Waals surface area contributed by atoms with Gasteiger partial charge in [0.1, 0.15) is 18.1 Å². The number of hydroxylamine groups is 1. The van der Waals surface area contributed by atoms with Gasteiger partial charge in [0.15, 0.2) is 0 Å². The Morgan fingerprint density at radius 2 is 1.77 bits per heavy atom. The van der Waals surface area contributed by atoms with E-state index in [2.05, 4.69) is 11.9 Å². The minimum absolute atomic E-state index is 0.162. The lowest BCUT2D eigenvalue weighted by Crippen LogP contribution is -2.41. The smallest absolute Gasteiger partial charge is 0.335 e. The van der Waals surface area contributed by atoms with Crippen molar-refractivity contribution in [1.29, 1.82) is 0 Å². The summed E-state index contributed by atoms with van der Waals surface area (Å²) in [6.07, 6.45) is 4.52. The van der Waals surface area contributed by atoms with E-state index >= 15 is 0 Å². The molecule has 0 radical (unpaired) electrons. The molecule has 2 amide bonds. The van der Waals surface area contributed by atoms with E-state index in [0.29, 0.717) is 24.4 Å². The summed E-state index contributed by atoms with van der Waals surface area (Å²) in [5.74, 6) is -1.40. The maximum Gasteiger partial charge on any atom is 0.335 e. The van der Waals surface area contributed by atoms with Gasteiger partial charge in [-0.3, -0.25) is 14.8 Å². The van der Waals surface area contributed by atoms with E-state index in [1.54, 1.807) is 28.2 Å². The van der Waals surface area contributed by atoms with Gasteiger partial charge >= 0.3 is 5.97 Å². The number of rotatable bonds is 12. The van der Waals surface area contributed by atoms with E-state index in [9.17, 15) is 19.5 Å². The molecule has 35 heavy (non-hydrogen) atoms. The van der Waals surface area contributed by atoms with Crippen molar-refractivity contribution in [3.8, 4) is 0 Å². The third kappa shape index (κ3) is 7.00. The highest BCUT2D eigenvalue weighted by atomic mass is 16.5. The van der Waals surface area contributed by atoms with Crippen LogP contribution >= 0.6 is 0 Å². The van der Waals surface area contributed by atoms with Crippen LogP contribution in [0.3, 0.4) is 0 Å². The van der Waals surface area contributed by atoms with Gasteiger partial charge < -0.3 is 14.6 Å². The fourth-order valence-electron chi connectivity index (χ4n) is 3.81. The number of nitrogens with zero attached hydrogens (tertiary/aromatic N) is 3. The highest BCUT2D eigenvalue weighted by Gasteiger charge is 2.24. The minimum Gasteiger partial charge on any atom is -0.478 e. The van der Waals surface area contributed by atoms with Gasteiger partial charge in [-0.25, -0.2) is 15.3 Å². The molecule has 9 heteroatoms. The lowest BCUT2D eigenvalue weighted by Gasteiger charge is -2.23. The van der Waals surface area contributed by atoms with Crippen LogP contribution in [-0.2, 0) is 24.2 Å². The van der Waals surface area contributed by atoms with Crippen LogP contribution in [0, 0.1) is 0 Å².